The molecule has 1 aliphatic heterocycles. The molecule has 1 saturated heterocycles. The van der Waals surface area contributed by atoms with Crippen LogP contribution in [0.2, 0.25) is 0 Å². The average Bonchev–Trinajstić information content (AvgIpc) is 3.47. The number of hydrogen-bond donors (Lipinski definition) is 2. The fraction of sp³-hybridized carbons (Fsp3) is 0.697. The Morgan fingerprint density at radius 3 is 2.67 bits per heavy atom. The van der Waals surface area contributed by atoms with E-state index in [4.69, 9.17) is 9.57 Å². The summed E-state index contributed by atoms with van der Waals surface area (Å²) in [5, 5.41) is 13.4. The lowest BCUT2D eigenvalue weighted by Gasteiger charge is -2.44. The number of aliphatic hydroxyl groups is 1. The van der Waals surface area contributed by atoms with Crippen molar-refractivity contribution in [1.82, 2.24) is 10.4 Å². The van der Waals surface area contributed by atoms with Gasteiger partial charge in [-0.2, -0.15) is 0 Å². The molecular formula is C33H48N2O7. The average molecular weight is 585 g/mol. The van der Waals surface area contributed by atoms with Crippen LogP contribution in [0.5, 0.6) is 0 Å². The number of rotatable bonds is 12. The van der Waals surface area contributed by atoms with Crippen LogP contribution in [0.1, 0.15) is 97.3 Å². The van der Waals surface area contributed by atoms with Crippen molar-refractivity contribution < 1.29 is 33.9 Å². The summed E-state index contributed by atoms with van der Waals surface area (Å²) < 4.78 is 5.21. The van der Waals surface area contributed by atoms with Crippen LogP contribution in [-0.2, 0) is 28.8 Å². The predicted octanol–water partition coefficient (Wildman–Crippen LogP) is 4.70. The third kappa shape index (κ3) is 7.98. The molecule has 3 aliphatic carbocycles. The van der Waals surface area contributed by atoms with Gasteiger partial charge >= 0.3 is 5.97 Å². The Morgan fingerprint density at radius 1 is 1.14 bits per heavy atom. The van der Waals surface area contributed by atoms with Crippen molar-refractivity contribution in [3.8, 4) is 0 Å². The van der Waals surface area contributed by atoms with Crippen molar-refractivity contribution in [3.63, 3.8) is 0 Å². The third-order valence-corrected chi connectivity index (χ3v) is 9.96. The monoisotopic (exact) mass is 584 g/mol. The number of carbonyl (C=O) groups excluding carboxylic acids is 4. The Balaban J connectivity index is 1.15. The smallest absolute Gasteiger partial charge is 0.358 e. The largest absolute Gasteiger partial charge is 0.393 e. The molecule has 4 fully saturated rings. The molecule has 0 aromatic rings. The first kappa shape index (κ1) is 32.1. The second kappa shape index (κ2) is 14.6. The zero-order valence-electron chi connectivity index (χ0n) is 25.3. The number of amides is 3. The zero-order valence-corrected chi connectivity index (χ0v) is 25.3. The predicted molar refractivity (Wildman–Crippen MR) is 157 cm³/mol. The molecule has 0 bridgehead atoms. The van der Waals surface area contributed by atoms with E-state index >= 15 is 0 Å². The molecule has 2 N–H and O–H groups in total. The Labute approximate surface area is 249 Å². The Morgan fingerprint density at radius 2 is 1.90 bits per heavy atom. The first-order valence-corrected chi connectivity index (χ1v) is 15.8. The lowest BCUT2D eigenvalue weighted by atomic mass is 9.60. The molecule has 9 heteroatoms. The van der Waals surface area contributed by atoms with E-state index in [0.717, 1.165) is 32.1 Å². The second-order valence-corrected chi connectivity index (χ2v) is 12.8. The molecular weight excluding hydrogens is 536 g/mol. The Hall–Kier alpha value is -2.78. The maximum Gasteiger partial charge on any atom is 0.358 e. The van der Waals surface area contributed by atoms with Crippen LogP contribution in [0.4, 0.5) is 0 Å². The fourth-order valence-corrected chi connectivity index (χ4v) is 7.69. The number of nitrogens with one attached hydrogen (secondary N) is 1. The third-order valence-electron chi connectivity index (χ3n) is 9.96. The van der Waals surface area contributed by atoms with Crippen molar-refractivity contribution in [2.75, 3.05) is 19.8 Å². The maximum atomic E-state index is 12.4. The van der Waals surface area contributed by atoms with E-state index in [9.17, 15) is 24.3 Å². The molecule has 5 atom stereocenters. The highest BCUT2D eigenvalue weighted by Crippen LogP contribution is 2.59. The van der Waals surface area contributed by atoms with Crippen LogP contribution in [-0.4, -0.2) is 59.7 Å². The molecule has 3 saturated carbocycles. The van der Waals surface area contributed by atoms with Gasteiger partial charge < -0.3 is 20.0 Å². The standard InChI is InChI=1S/C33H48N2O7/c1-22-9-12-26(36)20-25(22)11-10-24-7-5-17-33(3)27(13-14-28(24)33)23(2)6-4-8-29(37)34-18-19-41-21-32(40)42-35-30(38)15-16-31(35)39/h10-11,23,26-28,36H,1,4-9,12-21H2,2-3H3,(H,34,37)/b24-10+,25-11-/t23-,26+,27-,28+,33-/m1/s1. The molecule has 0 unspecified atom stereocenters. The minimum Gasteiger partial charge on any atom is -0.393 e. The number of hydroxylamine groups is 2. The molecule has 3 amide bonds. The number of allylic oxidation sites excluding steroid dienone is 4. The van der Waals surface area contributed by atoms with Crippen LogP contribution in [0.3, 0.4) is 0 Å². The van der Waals surface area contributed by atoms with Crippen molar-refractivity contribution in [2.45, 2.75) is 103 Å². The molecule has 42 heavy (non-hydrogen) atoms. The van der Waals surface area contributed by atoms with Crippen LogP contribution in [0, 0.1) is 23.2 Å². The summed E-state index contributed by atoms with van der Waals surface area (Å²) in [6, 6.07) is 0. The minimum absolute atomic E-state index is 0.0394. The van der Waals surface area contributed by atoms with Crippen molar-refractivity contribution >= 4 is 23.7 Å². The summed E-state index contributed by atoms with van der Waals surface area (Å²) >= 11 is 0. The first-order valence-electron chi connectivity index (χ1n) is 15.8. The highest BCUT2D eigenvalue weighted by molar-refractivity contribution is 6.01. The van der Waals surface area contributed by atoms with E-state index in [1.807, 2.05) is 0 Å². The number of imide groups is 1. The van der Waals surface area contributed by atoms with Crippen LogP contribution in [0.25, 0.3) is 0 Å². The molecule has 0 spiro atoms. The first-order chi connectivity index (χ1) is 20.1. The summed E-state index contributed by atoms with van der Waals surface area (Å²) in [7, 11) is 0. The quantitative estimate of drug-likeness (QED) is 0.252. The number of ether oxygens (including phenoxy) is 1. The van der Waals surface area contributed by atoms with E-state index in [0.29, 0.717) is 41.1 Å². The van der Waals surface area contributed by atoms with E-state index in [1.54, 1.807) is 5.57 Å². The van der Waals surface area contributed by atoms with Crippen LogP contribution >= 0.6 is 0 Å². The van der Waals surface area contributed by atoms with Gasteiger partial charge in [0.15, 0.2) is 0 Å². The highest BCUT2D eigenvalue weighted by Gasteiger charge is 2.50. The normalized spacial score (nSPS) is 30.6. The molecule has 0 aromatic carbocycles. The van der Waals surface area contributed by atoms with Gasteiger partial charge in [-0.3, -0.25) is 14.4 Å². The number of fused-ring (bicyclic) bond motifs is 1. The SMILES string of the molecule is C=C1CC[C@H](O)C/C1=C/C=C1\CCC[C@]2(C)[C@@H]([C@H](C)CCCC(=O)NCCOCC(=O)ON3C(=O)CCC3=O)CC[C@@H]12. The van der Waals surface area contributed by atoms with Gasteiger partial charge in [-0.1, -0.05) is 43.7 Å². The van der Waals surface area contributed by atoms with Crippen LogP contribution in [0.15, 0.2) is 35.5 Å². The summed E-state index contributed by atoms with van der Waals surface area (Å²) in [4.78, 5) is 51.8. The number of carbonyl (C=O) groups is 4. The van der Waals surface area contributed by atoms with Crippen LogP contribution < -0.4 is 5.32 Å². The van der Waals surface area contributed by atoms with Gasteiger partial charge in [0, 0.05) is 25.8 Å². The lowest BCUT2D eigenvalue weighted by molar-refractivity contribution is -0.200. The molecule has 1 heterocycles. The zero-order chi connectivity index (χ0) is 30.3. The van der Waals surface area contributed by atoms with Crippen molar-refractivity contribution in [2.24, 2.45) is 23.2 Å². The Kier molecular flexibility index (Phi) is 11.2. The maximum absolute atomic E-state index is 12.4. The van der Waals surface area contributed by atoms with Gasteiger partial charge in [0.1, 0.15) is 6.61 Å². The Bertz CT molecular complexity index is 1100. The summed E-state index contributed by atoms with van der Waals surface area (Å²) in [6.45, 7) is 9.04. The second-order valence-electron chi connectivity index (χ2n) is 12.8. The fourth-order valence-electron chi connectivity index (χ4n) is 7.69. The van der Waals surface area contributed by atoms with Crippen molar-refractivity contribution in [3.05, 3.63) is 35.5 Å². The van der Waals surface area contributed by atoms with Gasteiger partial charge in [0.2, 0.25) is 5.91 Å². The number of aliphatic hydroxyl groups excluding tert-OH is 1. The molecule has 4 rings (SSSR count). The number of hydrogen-bond acceptors (Lipinski definition) is 7. The molecule has 0 radical (unpaired) electrons. The van der Waals surface area contributed by atoms with E-state index in [-0.39, 0.29) is 38.0 Å². The van der Waals surface area contributed by atoms with E-state index in [1.165, 1.54) is 36.8 Å². The van der Waals surface area contributed by atoms with Crippen molar-refractivity contribution in [1.29, 1.82) is 0 Å². The topological polar surface area (TPSA) is 122 Å². The van der Waals surface area contributed by atoms with Gasteiger partial charge in [-0.25, -0.2) is 4.79 Å². The van der Waals surface area contributed by atoms with E-state index < -0.39 is 24.4 Å². The lowest BCUT2D eigenvalue weighted by Crippen LogP contribution is -2.36. The summed E-state index contributed by atoms with van der Waals surface area (Å²) in [5.41, 5.74) is 4.23. The molecule has 0 aromatic heterocycles. The molecule has 232 valence electrons. The minimum atomic E-state index is -0.825. The summed E-state index contributed by atoms with van der Waals surface area (Å²) in [6.07, 6.45) is 15.2. The number of nitrogens with zero attached hydrogens (tertiary/aromatic N) is 1. The van der Waals surface area contributed by atoms with Gasteiger partial charge in [-0.05, 0) is 93.0 Å². The van der Waals surface area contributed by atoms with E-state index in [2.05, 4.69) is 37.9 Å². The van der Waals surface area contributed by atoms with Gasteiger partial charge in [-0.15, -0.1) is 5.06 Å². The molecule has 4 aliphatic rings. The summed E-state index contributed by atoms with van der Waals surface area (Å²) in [5.74, 6) is -0.135. The molecule has 9 nitrogen and oxygen atoms in total. The highest BCUT2D eigenvalue weighted by atomic mass is 16.7. The van der Waals surface area contributed by atoms with Gasteiger partial charge in [0.05, 0.1) is 12.7 Å². The van der Waals surface area contributed by atoms with Gasteiger partial charge in [0.25, 0.3) is 11.8 Å².